The van der Waals surface area contributed by atoms with E-state index in [0.717, 1.165) is 39.5 Å². The monoisotopic (exact) mass is 412 g/mol. The molecule has 0 amide bonds. The van der Waals surface area contributed by atoms with Crippen LogP contribution in [0.15, 0.2) is 90.1 Å². The van der Waals surface area contributed by atoms with Gasteiger partial charge >= 0.3 is 0 Å². The van der Waals surface area contributed by atoms with Crippen LogP contribution in [0.3, 0.4) is 0 Å². The average Bonchev–Trinajstić information content (AvgIpc) is 3.12. The van der Waals surface area contributed by atoms with Crippen LogP contribution < -0.4 is 0 Å². The summed E-state index contributed by atoms with van der Waals surface area (Å²) in [5.74, 6) is -0.249. The first-order valence-corrected chi connectivity index (χ1v) is 10.3. The smallest absolute Gasteiger partial charge is 0.142 e. The molecular formula is C27H25FN2O. The van der Waals surface area contributed by atoms with E-state index in [1.807, 2.05) is 43.3 Å². The molecule has 0 aliphatic carbocycles. The molecule has 1 aromatic heterocycles. The zero-order valence-corrected chi connectivity index (χ0v) is 18.0. The summed E-state index contributed by atoms with van der Waals surface area (Å²) in [4.78, 5) is 5.62. The number of rotatable bonds is 6. The number of benzene rings is 3. The van der Waals surface area contributed by atoms with Gasteiger partial charge in [-0.25, -0.2) is 4.39 Å². The fourth-order valence-electron chi connectivity index (χ4n) is 3.73. The lowest BCUT2D eigenvalue weighted by atomic mass is 10.1. The van der Waals surface area contributed by atoms with Gasteiger partial charge in [0.1, 0.15) is 12.4 Å². The number of hydrogen-bond acceptors (Lipinski definition) is 2. The van der Waals surface area contributed by atoms with E-state index in [2.05, 4.69) is 47.8 Å². The van der Waals surface area contributed by atoms with Gasteiger partial charge < -0.3 is 9.40 Å². The van der Waals surface area contributed by atoms with Crippen molar-refractivity contribution in [3.63, 3.8) is 0 Å². The Bertz CT molecular complexity index is 1210. The summed E-state index contributed by atoms with van der Waals surface area (Å²) in [5, 5.41) is 4.37. The Balaban J connectivity index is 1.74. The molecule has 31 heavy (non-hydrogen) atoms. The Morgan fingerprint density at radius 2 is 1.65 bits per heavy atom. The Labute approximate surface area is 182 Å². The van der Waals surface area contributed by atoms with Crippen LogP contribution in [-0.2, 0) is 11.4 Å². The van der Waals surface area contributed by atoms with Gasteiger partial charge in [-0.15, -0.1) is 0 Å². The second kappa shape index (κ2) is 9.00. The van der Waals surface area contributed by atoms with Gasteiger partial charge in [-0.3, -0.25) is 0 Å². The molecule has 0 aliphatic rings. The van der Waals surface area contributed by atoms with Gasteiger partial charge in [-0.1, -0.05) is 47.6 Å². The molecule has 0 radical (unpaired) electrons. The van der Waals surface area contributed by atoms with E-state index >= 15 is 0 Å². The molecule has 4 heteroatoms. The zero-order chi connectivity index (χ0) is 21.8. The van der Waals surface area contributed by atoms with Gasteiger partial charge in [0.15, 0.2) is 0 Å². The van der Waals surface area contributed by atoms with Gasteiger partial charge in [0.05, 0.1) is 11.4 Å². The molecule has 1 heterocycles. The first-order valence-electron chi connectivity index (χ1n) is 10.3. The first-order chi connectivity index (χ1) is 15.0. The Kier molecular flexibility index (Phi) is 5.99. The fraction of sp³-hybridized carbons (Fsp3) is 0.148. The second-order valence-corrected chi connectivity index (χ2v) is 7.65. The van der Waals surface area contributed by atoms with Gasteiger partial charge in [-0.05, 0) is 79.9 Å². The molecule has 156 valence electrons. The van der Waals surface area contributed by atoms with Crippen molar-refractivity contribution in [1.82, 2.24) is 4.57 Å². The standard InChI is InChI=1S/C27H25FN2O/c1-19-8-7-11-25(16-19)30-21(3)26(17-27(30)23-12-14-24(28)15-13-23)20(2)29-31-18-22-9-5-4-6-10-22/h4-17H,18H2,1-3H3/b29-20+. The minimum atomic E-state index is -0.249. The van der Waals surface area contributed by atoms with E-state index in [-0.39, 0.29) is 5.82 Å². The van der Waals surface area contributed by atoms with Crippen LogP contribution in [0.2, 0.25) is 0 Å². The first kappa shape index (κ1) is 20.6. The van der Waals surface area contributed by atoms with Crippen molar-refractivity contribution in [2.24, 2.45) is 5.16 Å². The summed E-state index contributed by atoms with van der Waals surface area (Å²) in [6.07, 6.45) is 0. The van der Waals surface area contributed by atoms with Crippen molar-refractivity contribution in [1.29, 1.82) is 0 Å². The topological polar surface area (TPSA) is 26.5 Å². The van der Waals surface area contributed by atoms with Crippen LogP contribution >= 0.6 is 0 Å². The van der Waals surface area contributed by atoms with E-state index in [9.17, 15) is 4.39 Å². The lowest BCUT2D eigenvalue weighted by molar-refractivity contribution is 0.130. The van der Waals surface area contributed by atoms with Crippen LogP contribution in [0.25, 0.3) is 16.9 Å². The molecule has 3 aromatic carbocycles. The molecule has 0 fully saturated rings. The molecule has 4 aromatic rings. The lowest BCUT2D eigenvalue weighted by Gasteiger charge is -2.13. The molecule has 0 bridgehead atoms. The van der Waals surface area contributed by atoms with Gasteiger partial charge in [0.2, 0.25) is 0 Å². The molecule has 0 saturated carbocycles. The second-order valence-electron chi connectivity index (χ2n) is 7.65. The summed E-state index contributed by atoms with van der Waals surface area (Å²) in [6.45, 7) is 6.51. The van der Waals surface area contributed by atoms with Crippen molar-refractivity contribution in [3.05, 3.63) is 113 Å². The largest absolute Gasteiger partial charge is 0.391 e. The number of oxime groups is 1. The molecular weight excluding hydrogens is 387 g/mol. The van der Waals surface area contributed by atoms with Crippen LogP contribution in [0.1, 0.15) is 29.3 Å². The maximum absolute atomic E-state index is 13.5. The van der Waals surface area contributed by atoms with E-state index < -0.39 is 0 Å². The lowest BCUT2D eigenvalue weighted by Crippen LogP contribution is -2.03. The SMILES string of the molecule is C/C(=N\OCc1ccccc1)c1cc(-c2ccc(F)cc2)n(-c2cccc(C)c2)c1C. The highest BCUT2D eigenvalue weighted by molar-refractivity contribution is 6.01. The van der Waals surface area contributed by atoms with Gasteiger partial charge in [0, 0.05) is 16.9 Å². The molecule has 0 saturated heterocycles. The van der Waals surface area contributed by atoms with Crippen LogP contribution in [-0.4, -0.2) is 10.3 Å². The number of aryl methyl sites for hydroxylation is 1. The Morgan fingerprint density at radius 1 is 0.903 bits per heavy atom. The fourth-order valence-corrected chi connectivity index (χ4v) is 3.73. The maximum Gasteiger partial charge on any atom is 0.142 e. The van der Waals surface area contributed by atoms with E-state index in [1.54, 1.807) is 12.1 Å². The predicted molar refractivity (Wildman–Crippen MR) is 124 cm³/mol. The zero-order valence-electron chi connectivity index (χ0n) is 18.0. The molecule has 0 aliphatic heterocycles. The van der Waals surface area contributed by atoms with Crippen molar-refractivity contribution >= 4 is 5.71 Å². The highest BCUT2D eigenvalue weighted by Crippen LogP contribution is 2.30. The summed E-state index contributed by atoms with van der Waals surface area (Å²) < 4.78 is 15.7. The Hall–Kier alpha value is -3.66. The number of halogens is 1. The van der Waals surface area contributed by atoms with Gasteiger partial charge in [-0.2, -0.15) is 0 Å². The van der Waals surface area contributed by atoms with E-state index in [4.69, 9.17) is 4.84 Å². The van der Waals surface area contributed by atoms with Crippen LogP contribution in [0.4, 0.5) is 4.39 Å². The quantitative estimate of drug-likeness (QED) is 0.251. The predicted octanol–water partition coefficient (Wildman–Crippen LogP) is 6.84. The molecule has 0 spiro atoms. The van der Waals surface area contributed by atoms with Crippen molar-refractivity contribution in [2.45, 2.75) is 27.4 Å². The highest BCUT2D eigenvalue weighted by atomic mass is 19.1. The van der Waals surface area contributed by atoms with Crippen LogP contribution in [0.5, 0.6) is 0 Å². The summed E-state index contributed by atoms with van der Waals surface area (Å²) in [5.41, 5.74) is 8.06. The molecule has 0 unspecified atom stereocenters. The molecule has 0 atom stereocenters. The highest BCUT2D eigenvalue weighted by Gasteiger charge is 2.17. The summed E-state index contributed by atoms with van der Waals surface area (Å²) in [6, 6.07) is 27.0. The van der Waals surface area contributed by atoms with E-state index in [1.165, 1.54) is 17.7 Å². The summed E-state index contributed by atoms with van der Waals surface area (Å²) >= 11 is 0. The third-order valence-electron chi connectivity index (χ3n) is 5.31. The molecule has 4 rings (SSSR count). The normalized spacial score (nSPS) is 11.5. The Morgan fingerprint density at radius 3 is 2.35 bits per heavy atom. The van der Waals surface area contributed by atoms with Crippen molar-refractivity contribution in [3.8, 4) is 16.9 Å². The number of nitrogens with zero attached hydrogens (tertiary/aromatic N) is 2. The molecule has 3 nitrogen and oxygen atoms in total. The third kappa shape index (κ3) is 4.58. The van der Waals surface area contributed by atoms with Gasteiger partial charge in [0.25, 0.3) is 0 Å². The molecule has 0 N–H and O–H groups in total. The average molecular weight is 413 g/mol. The minimum absolute atomic E-state index is 0.249. The van der Waals surface area contributed by atoms with E-state index in [0.29, 0.717) is 6.61 Å². The minimum Gasteiger partial charge on any atom is -0.391 e. The maximum atomic E-state index is 13.5. The van der Waals surface area contributed by atoms with Crippen molar-refractivity contribution < 1.29 is 9.23 Å². The third-order valence-corrected chi connectivity index (χ3v) is 5.31. The summed E-state index contributed by atoms with van der Waals surface area (Å²) in [7, 11) is 0. The number of hydrogen-bond donors (Lipinski definition) is 0. The van der Waals surface area contributed by atoms with Crippen molar-refractivity contribution in [2.75, 3.05) is 0 Å². The number of aromatic nitrogens is 1. The van der Waals surface area contributed by atoms with Crippen LogP contribution in [0, 0.1) is 19.7 Å².